The SMILES string of the molecule is C=CC(=O)N1CCN(C2NC(OCC3CCCN3C)NC3C(=O)[C@]4(CCC32)Cc2c(C)cccc2CO4)CC1CC#N. The van der Waals surface area contributed by atoms with Crippen molar-refractivity contribution in [1.29, 1.82) is 5.26 Å². The van der Waals surface area contributed by atoms with E-state index in [4.69, 9.17) is 9.47 Å². The van der Waals surface area contributed by atoms with Crippen LogP contribution in [0.15, 0.2) is 30.9 Å². The van der Waals surface area contributed by atoms with Crippen molar-refractivity contribution < 1.29 is 19.1 Å². The number of carbonyl (C=O) groups is 2. The molecule has 10 nitrogen and oxygen atoms in total. The third-order valence-electron chi connectivity index (χ3n) is 10.4. The molecule has 0 radical (unpaired) electrons. The number of hydrogen-bond acceptors (Lipinski definition) is 9. The van der Waals surface area contributed by atoms with Gasteiger partial charge in [0.25, 0.3) is 0 Å². The van der Waals surface area contributed by atoms with Crippen molar-refractivity contribution in [2.24, 2.45) is 5.92 Å². The minimum Gasteiger partial charge on any atom is -0.362 e. The van der Waals surface area contributed by atoms with Gasteiger partial charge >= 0.3 is 0 Å². The molecule has 3 saturated heterocycles. The molecule has 226 valence electrons. The summed E-state index contributed by atoms with van der Waals surface area (Å²) in [5, 5.41) is 16.8. The molecular weight excluding hydrogens is 532 g/mol. The number of nitriles is 1. The summed E-state index contributed by atoms with van der Waals surface area (Å²) < 4.78 is 12.9. The van der Waals surface area contributed by atoms with Crippen LogP contribution in [0.25, 0.3) is 0 Å². The van der Waals surface area contributed by atoms with Crippen LogP contribution in [-0.4, -0.2) is 102 Å². The van der Waals surface area contributed by atoms with E-state index in [0.29, 0.717) is 51.7 Å². The number of carbonyl (C=O) groups excluding carboxylic acids is 2. The molecule has 1 aliphatic carbocycles. The van der Waals surface area contributed by atoms with Gasteiger partial charge in [0.15, 0.2) is 12.1 Å². The van der Waals surface area contributed by atoms with Gasteiger partial charge in [0.05, 0.1) is 44.0 Å². The molecule has 6 rings (SSSR count). The highest BCUT2D eigenvalue weighted by Gasteiger charge is 2.56. The van der Waals surface area contributed by atoms with Gasteiger partial charge < -0.3 is 19.3 Å². The Bertz CT molecular complexity index is 1250. The lowest BCUT2D eigenvalue weighted by molar-refractivity contribution is -0.173. The van der Waals surface area contributed by atoms with Gasteiger partial charge in [0, 0.05) is 38.0 Å². The smallest absolute Gasteiger partial charge is 0.246 e. The molecule has 4 fully saturated rings. The Morgan fingerprint density at radius 3 is 2.88 bits per heavy atom. The molecule has 0 bridgehead atoms. The number of fused-ring (bicyclic) bond motifs is 2. The molecule has 4 heterocycles. The second kappa shape index (κ2) is 12.2. The summed E-state index contributed by atoms with van der Waals surface area (Å²) in [5.74, 6) is -0.0316. The molecule has 2 N–H and O–H groups in total. The number of piperazine rings is 1. The van der Waals surface area contributed by atoms with Crippen molar-refractivity contribution in [3.8, 4) is 6.07 Å². The zero-order valence-corrected chi connectivity index (χ0v) is 24.9. The lowest BCUT2D eigenvalue weighted by Gasteiger charge is -2.55. The van der Waals surface area contributed by atoms with E-state index in [-0.39, 0.29) is 36.2 Å². The van der Waals surface area contributed by atoms with Crippen molar-refractivity contribution in [2.75, 3.05) is 39.8 Å². The van der Waals surface area contributed by atoms with Crippen LogP contribution >= 0.6 is 0 Å². The maximum Gasteiger partial charge on any atom is 0.246 e. The van der Waals surface area contributed by atoms with E-state index in [1.807, 2.05) is 0 Å². The molecule has 1 spiro atoms. The van der Waals surface area contributed by atoms with Crippen LogP contribution in [0, 0.1) is 24.2 Å². The predicted molar refractivity (Wildman–Crippen MR) is 157 cm³/mol. The Labute approximate surface area is 249 Å². The first kappa shape index (κ1) is 29.4. The van der Waals surface area contributed by atoms with Crippen molar-refractivity contribution in [3.63, 3.8) is 0 Å². The Morgan fingerprint density at radius 2 is 2.12 bits per heavy atom. The number of aryl methyl sites for hydroxylation is 1. The van der Waals surface area contributed by atoms with Crippen LogP contribution in [0.3, 0.4) is 0 Å². The lowest BCUT2D eigenvalue weighted by atomic mass is 9.68. The number of likely N-dealkylation sites (tertiary alicyclic amines) is 1. The summed E-state index contributed by atoms with van der Waals surface area (Å²) in [4.78, 5) is 33.4. The van der Waals surface area contributed by atoms with Crippen molar-refractivity contribution in [2.45, 2.75) is 88.3 Å². The Balaban J connectivity index is 1.25. The molecular formula is C32H44N6O4. The first-order valence-corrected chi connectivity index (χ1v) is 15.5. The van der Waals surface area contributed by atoms with Crippen LogP contribution in [0.4, 0.5) is 0 Å². The minimum atomic E-state index is -0.843. The number of rotatable bonds is 6. The van der Waals surface area contributed by atoms with Crippen LogP contribution in [-0.2, 0) is 32.1 Å². The van der Waals surface area contributed by atoms with E-state index in [1.165, 1.54) is 22.8 Å². The second-order valence-electron chi connectivity index (χ2n) is 12.7. The summed E-state index contributed by atoms with van der Waals surface area (Å²) in [6, 6.07) is 8.23. The average Bonchev–Trinajstić information content (AvgIpc) is 3.42. The zero-order valence-electron chi connectivity index (χ0n) is 24.9. The molecule has 10 heteroatoms. The number of hydrogen-bond donors (Lipinski definition) is 2. The van der Waals surface area contributed by atoms with Crippen molar-refractivity contribution in [1.82, 2.24) is 25.3 Å². The maximum absolute atomic E-state index is 14.5. The normalized spacial score (nSPS) is 35.5. The second-order valence-corrected chi connectivity index (χ2v) is 12.7. The first-order valence-electron chi connectivity index (χ1n) is 15.5. The number of nitrogens with one attached hydrogen (secondary N) is 2. The van der Waals surface area contributed by atoms with Gasteiger partial charge in [0.1, 0.15) is 5.60 Å². The Hall–Kier alpha value is -2.65. The number of nitrogens with zero attached hydrogens (tertiary/aromatic N) is 4. The molecule has 0 aromatic heterocycles. The highest BCUT2D eigenvalue weighted by Crippen LogP contribution is 2.42. The quantitative estimate of drug-likeness (QED) is 0.489. The molecule has 1 aromatic carbocycles. The Morgan fingerprint density at radius 1 is 1.26 bits per heavy atom. The van der Waals surface area contributed by atoms with Crippen molar-refractivity contribution >= 4 is 11.7 Å². The first-order chi connectivity index (χ1) is 20.3. The monoisotopic (exact) mass is 576 g/mol. The van der Waals surface area contributed by atoms with Crippen LogP contribution in [0.2, 0.25) is 0 Å². The number of ether oxygens (including phenoxy) is 2. The highest BCUT2D eigenvalue weighted by atomic mass is 16.5. The van der Waals surface area contributed by atoms with E-state index in [2.05, 4.69) is 65.3 Å². The van der Waals surface area contributed by atoms with Gasteiger partial charge in [-0.3, -0.25) is 25.1 Å². The van der Waals surface area contributed by atoms with Crippen LogP contribution in [0.1, 0.15) is 48.8 Å². The number of ketones is 1. The third kappa shape index (κ3) is 5.43. The summed E-state index contributed by atoms with van der Waals surface area (Å²) in [6.07, 6.45) is 5.28. The molecule has 1 saturated carbocycles. The summed E-state index contributed by atoms with van der Waals surface area (Å²) in [6.45, 7) is 9.57. The maximum atomic E-state index is 14.5. The molecule has 5 aliphatic rings. The number of benzene rings is 1. The van der Waals surface area contributed by atoms with Crippen LogP contribution in [0.5, 0.6) is 0 Å². The molecule has 1 aromatic rings. The fraction of sp³-hybridized carbons (Fsp3) is 0.656. The van der Waals surface area contributed by atoms with Gasteiger partial charge in [-0.05, 0) is 69.0 Å². The summed E-state index contributed by atoms with van der Waals surface area (Å²) >= 11 is 0. The minimum absolute atomic E-state index is 0.00314. The zero-order chi connectivity index (χ0) is 29.4. The van der Waals surface area contributed by atoms with Gasteiger partial charge in [-0.2, -0.15) is 5.26 Å². The van der Waals surface area contributed by atoms with E-state index >= 15 is 0 Å². The standard InChI is InChI=1S/C32H44N6O4/c1-4-27(39)38-16-15-37(18-23(38)11-13-33)30-25-10-12-32(17-26-21(2)7-5-8-22(26)19-42-32)29(40)28(25)34-31(35-30)41-20-24-9-6-14-36(24)3/h4-5,7-8,23-25,28,30-31,34-35H,1,6,9-12,14-20H2,2-3H3/t23?,24?,25?,28?,30?,31?,32-/m0/s1. The fourth-order valence-electron chi connectivity index (χ4n) is 7.91. The lowest BCUT2D eigenvalue weighted by Crippen LogP contribution is -2.75. The predicted octanol–water partition coefficient (Wildman–Crippen LogP) is 1.68. The molecule has 4 aliphatic heterocycles. The molecule has 1 amide bonds. The molecule has 7 atom stereocenters. The third-order valence-corrected chi connectivity index (χ3v) is 10.4. The van der Waals surface area contributed by atoms with Gasteiger partial charge in [-0.25, -0.2) is 0 Å². The van der Waals surface area contributed by atoms with Crippen molar-refractivity contribution in [3.05, 3.63) is 47.5 Å². The Kier molecular flexibility index (Phi) is 8.51. The summed E-state index contributed by atoms with van der Waals surface area (Å²) in [7, 11) is 2.13. The van der Waals surface area contributed by atoms with E-state index in [1.54, 1.807) is 4.90 Å². The number of amides is 1. The largest absolute Gasteiger partial charge is 0.362 e. The topological polar surface area (TPSA) is 110 Å². The molecule has 42 heavy (non-hydrogen) atoms. The van der Waals surface area contributed by atoms with E-state index in [9.17, 15) is 14.9 Å². The average molecular weight is 577 g/mol. The van der Waals surface area contributed by atoms with E-state index < -0.39 is 18.0 Å². The van der Waals surface area contributed by atoms with Gasteiger partial charge in [0.2, 0.25) is 5.91 Å². The highest BCUT2D eigenvalue weighted by molar-refractivity contribution is 5.94. The summed E-state index contributed by atoms with van der Waals surface area (Å²) in [5.41, 5.74) is 2.77. The fourth-order valence-corrected chi connectivity index (χ4v) is 7.91. The van der Waals surface area contributed by atoms with Gasteiger partial charge in [-0.15, -0.1) is 0 Å². The number of likely N-dealkylation sites (N-methyl/N-ethyl adjacent to an activating group) is 1. The van der Waals surface area contributed by atoms with Crippen LogP contribution < -0.4 is 10.6 Å². The van der Waals surface area contributed by atoms with Gasteiger partial charge in [-0.1, -0.05) is 24.8 Å². The van der Waals surface area contributed by atoms with E-state index in [0.717, 1.165) is 25.8 Å². The molecule has 6 unspecified atom stereocenters. The number of Topliss-reactive ketones (excluding diaryl/α,β-unsaturated/α-hetero) is 1.